The van der Waals surface area contributed by atoms with Crippen LogP contribution in [0.1, 0.15) is 18.1 Å². The highest BCUT2D eigenvalue weighted by Gasteiger charge is 2.17. The number of fused-ring (bicyclic) bond motifs is 1. The number of hydrogen-bond donors (Lipinski definition) is 1. The van der Waals surface area contributed by atoms with Crippen LogP contribution in [0.4, 0.5) is 5.69 Å². The van der Waals surface area contributed by atoms with Crippen molar-refractivity contribution in [3.05, 3.63) is 63.8 Å². The molecule has 7 heteroatoms. The number of thiazole rings is 1. The van der Waals surface area contributed by atoms with Crippen LogP contribution in [0.5, 0.6) is 5.75 Å². The molecule has 1 amide bonds. The van der Waals surface area contributed by atoms with E-state index < -0.39 is 0 Å². The maximum atomic E-state index is 11.6. The molecule has 142 valence electrons. The summed E-state index contributed by atoms with van der Waals surface area (Å²) in [6.45, 7) is 2.18. The number of hydrogen-bond acceptors (Lipinski definition) is 5. The van der Waals surface area contributed by atoms with Gasteiger partial charge in [0.2, 0.25) is 4.80 Å². The molecule has 0 radical (unpaired) electrons. The number of amides is 1. The second-order valence-electron chi connectivity index (χ2n) is 6.33. The first-order valence-electron chi connectivity index (χ1n) is 9.01. The van der Waals surface area contributed by atoms with Crippen LogP contribution in [0.15, 0.2) is 57.9 Å². The SMILES string of the molecule is CCc1ccc(C=Nn2c(-c3ccc4c(c3)NC(=O)CO4)csc2=NC)cc1. The summed E-state index contributed by atoms with van der Waals surface area (Å²) >= 11 is 1.51. The molecule has 1 N–H and O–H groups in total. The number of nitrogens with one attached hydrogen (secondary N) is 1. The summed E-state index contributed by atoms with van der Waals surface area (Å²) in [7, 11) is 1.75. The Morgan fingerprint density at radius 3 is 2.82 bits per heavy atom. The maximum Gasteiger partial charge on any atom is 0.262 e. The molecule has 28 heavy (non-hydrogen) atoms. The zero-order valence-corrected chi connectivity index (χ0v) is 16.5. The molecule has 0 aliphatic carbocycles. The van der Waals surface area contributed by atoms with Gasteiger partial charge in [0.1, 0.15) is 5.75 Å². The molecule has 1 aliphatic heterocycles. The fourth-order valence-electron chi connectivity index (χ4n) is 2.97. The lowest BCUT2D eigenvalue weighted by atomic mass is 10.1. The monoisotopic (exact) mass is 392 g/mol. The molecule has 0 unspecified atom stereocenters. The van der Waals surface area contributed by atoms with E-state index in [4.69, 9.17) is 4.74 Å². The van der Waals surface area contributed by atoms with Crippen molar-refractivity contribution in [3.63, 3.8) is 0 Å². The van der Waals surface area contributed by atoms with Crippen molar-refractivity contribution in [1.29, 1.82) is 0 Å². The zero-order valence-electron chi connectivity index (χ0n) is 15.7. The number of benzene rings is 2. The largest absolute Gasteiger partial charge is 0.482 e. The van der Waals surface area contributed by atoms with E-state index in [-0.39, 0.29) is 12.5 Å². The zero-order chi connectivity index (χ0) is 19.5. The molecule has 2 heterocycles. The standard InChI is InChI=1S/C21H20N4O2S/c1-3-14-4-6-15(7-5-14)11-23-25-18(13-28-21(25)22-2)16-8-9-19-17(10-16)24-20(26)12-27-19/h4-11,13H,3,12H2,1-2H3,(H,24,26). The molecule has 1 aromatic heterocycles. The van der Waals surface area contributed by atoms with Gasteiger partial charge in [0.25, 0.3) is 5.91 Å². The Kier molecular flexibility index (Phi) is 5.08. The van der Waals surface area contributed by atoms with Crippen LogP contribution in [0, 0.1) is 0 Å². The number of ether oxygens (including phenoxy) is 1. The van der Waals surface area contributed by atoms with E-state index in [1.54, 1.807) is 7.05 Å². The Morgan fingerprint density at radius 2 is 2.07 bits per heavy atom. The molecule has 0 bridgehead atoms. The minimum absolute atomic E-state index is 0.0464. The van der Waals surface area contributed by atoms with Crippen LogP contribution in [0.25, 0.3) is 11.3 Å². The summed E-state index contributed by atoms with van der Waals surface area (Å²) in [5.74, 6) is 0.519. The molecule has 2 aromatic carbocycles. The molecule has 4 rings (SSSR count). The van der Waals surface area contributed by atoms with E-state index in [1.165, 1.54) is 16.9 Å². The average molecular weight is 392 g/mol. The molecule has 0 saturated heterocycles. The van der Waals surface area contributed by atoms with Gasteiger partial charge in [-0.1, -0.05) is 31.2 Å². The Hall–Kier alpha value is -3.19. The van der Waals surface area contributed by atoms with E-state index in [1.807, 2.05) is 34.5 Å². The first-order chi connectivity index (χ1) is 13.7. The van der Waals surface area contributed by atoms with E-state index in [2.05, 4.69) is 46.6 Å². The van der Waals surface area contributed by atoms with E-state index in [0.717, 1.165) is 28.0 Å². The third-order valence-electron chi connectivity index (χ3n) is 4.50. The summed E-state index contributed by atoms with van der Waals surface area (Å²) in [6.07, 6.45) is 2.84. The van der Waals surface area contributed by atoms with Crippen molar-refractivity contribution in [2.45, 2.75) is 13.3 Å². The van der Waals surface area contributed by atoms with Crippen LogP contribution >= 0.6 is 11.3 Å². The van der Waals surface area contributed by atoms with Crippen LogP contribution in [-0.2, 0) is 11.2 Å². The van der Waals surface area contributed by atoms with Crippen LogP contribution in [-0.4, -0.2) is 30.5 Å². The Labute approximate surface area is 166 Å². The predicted molar refractivity (Wildman–Crippen MR) is 112 cm³/mol. The van der Waals surface area contributed by atoms with E-state index in [0.29, 0.717) is 11.4 Å². The van der Waals surface area contributed by atoms with Crippen LogP contribution < -0.4 is 14.9 Å². The fraction of sp³-hybridized carbons (Fsp3) is 0.190. The number of nitrogens with zero attached hydrogens (tertiary/aromatic N) is 3. The number of carbonyl (C=O) groups is 1. The second-order valence-corrected chi connectivity index (χ2v) is 7.16. The Balaban J connectivity index is 1.71. The van der Waals surface area contributed by atoms with E-state index in [9.17, 15) is 4.79 Å². The highest BCUT2D eigenvalue weighted by atomic mass is 32.1. The van der Waals surface area contributed by atoms with Gasteiger partial charge in [-0.3, -0.25) is 9.79 Å². The van der Waals surface area contributed by atoms with Gasteiger partial charge >= 0.3 is 0 Å². The highest BCUT2D eigenvalue weighted by Crippen LogP contribution is 2.32. The van der Waals surface area contributed by atoms with Gasteiger partial charge < -0.3 is 10.1 Å². The number of aromatic nitrogens is 1. The van der Waals surface area contributed by atoms with Crippen molar-refractivity contribution in [3.8, 4) is 17.0 Å². The molecule has 0 saturated carbocycles. The Morgan fingerprint density at radius 1 is 1.25 bits per heavy atom. The molecule has 1 aliphatic rings. The molecule has 0 atom stereocenters. The molecule has 0 fully saturated rings. The summed E-state index contributed by atoms with van der Waals surface area (Å²) in [6, 6.07) is 14.1. The first kappa shape index (κ1) is 18.2. The number of anilines is 1. The number of aryl methyl sites for hydroxylation is 1. The summed E-state index contributed by atoms with van der Waals surface area (Å²) in [4.78, 5) is 16.7. The summed E-state index contributed by atoms with van der Waals surface area (Å²) in [5.41, 5.74) is 4.81. The molecule has 3 aromatic rings. The van der Waals surface area contributed by atoms with Gasteiger partial charge in [0.15, 0.2) is 6.61 Å². The lowest BCUT2D eigenvalue weighted by Gasteiger charge is -2.18. The van der Waals surface area contributed by atoms with Crippen molar-refractivity contribution in [2.75, 3.05) is 19.0 Å². The third-order valence-corrected chi connectivity index (χ3v) is 5.40. The summed E-state index contributed by atoms with van der Waals surface area (Å²) < 4.78 is 7.25. The quantitative estimate of drug-likeness (QED) is 0.690. The topological polar surface area (TPSA) is 68.0 Å². The number of rotatable bonds is 4. The minimum atomic E-state index is -0.152. The van der Waals surface area contributed by atoms with Gasteiger partial charge in [-0.05, 0) is 35.7 Å². The third kappa shape index (κ3) is 3.61. The average Bonchev–Trinajstić information content (AvgIpc) is 3.15. The van der Waals surface area contributed by atoms with Crippen molar-refractivity contribution in [1.82, 2.24) is 4.68 Å². The smallest absolute Gasteiger partial charge is 0.262 e. The first-order valence-corrected chi connectivity index (χ1v) is 9.89. The summed E-state index contributed by atoms with van der Waals surface area (Å²) in [5, 5.41) is 9.51. The fourth-order valence-corrected chi connectivity index (χ4v) is 3.77. The van der Waals surface area contributed by atoms with Crippen molar-refractivity contribution < 1.29 is 9.53 Å². The van der Waals surface area contributed by atoms with Crippen molar-refractivity contribution in [2.24, 2.45) is 10.1 Å². The minimum Gasteiger partial charge on any atom is -0.482 e. The van der Waals surface area contributed by atoms with Crippen LogP contribution in [0.3, 0.4) is 0 Å². The predicted octanol–water partition coefficient (Wildman–Crippen LogP) is 3.52. The highest BCUT2D eigenvalue weighted by molar-refractivity contribution is 7.07. The number of carbonyl (C=O) groups excluding carboxylic acids is 1. The van der Waals surface area contributed by atoms with E-state index >= 15 is 0 Å². The molecular formula is C21H20N4O2S. The molecular weight excluding hydrogens is 372 g/mol. The second kappa shape index (κ2) is 7.82. The Bertz CT molecular complexity index is 1110. The normalized spacial score (nSPS) is 14.1. The van der Waals surface area contributed by atoms with Gasteiger partial charge in [0, 0.05) is 18.0 Å². The van der Waals surface area contributed by atoms with Gasteiger partial charge in [-0.15, -0.1) is 11.3 Å². The lowest BCUT2D eigenvalue weighted by Crippen LogP contribution is -2.25. The van der Waals surface area contributed by atoms with Crippen LogP contribution in [0.2, 0.25) is 0 Å². The van der Waals surface area contributed by atoms with Gasteiger partial charge in [-0.2, -0.15) is 5.10 Å². The lowest BCUT2D eigenvalue weighted by molar-refractivity contribution is -0.118. The van der Waals surface area contributed by atoms with Crippen molar-refractivity contribution >= 4 is 29.1 Å². The van der Waals surface area contributed by atoms with Gasteiger partial charge in [0.05, 0.1) is 17.6 Å². The van der Waals surface area contributed by atoms with Gasteiger partial charge in [-0.25, -0.2) is 4.68 Å². The molecule has 0 spiro atoms. The maximum absolute atomic E-state index is 11.6. The molecule has 6 nitrogen and oxygen atoms in total.